The standard InChI is InChI=1S/C14H17N3O2/c1-3-8-17-13(12(19-2)9-16-17)14(18)10-6-4-5-7-11(10)15/h4-7,9H,3,8,15H2,1-2H3. The van der Waals surface area contributed by atoms with Gasteiger partial charge in [0.1, 0.15) is 0 Å². The quantitative estimate of drug-likeness (QED) is 0.659. The smallest absolute Gasteiger partial charge is 0.216 e. The van der Waals surface area contributed by atoms with Gasteiger partial charge in [0, 0.05) is 17.8 Å². The lowest BCUT2D eigenvalue weighted by atomic mass is 10.1. The number of hydrogen-bond donors (Lipinski definition) is 1. The molecule has 0 unspecified atom stereocenters. The van der Waals surface area contributed by atoms with Crippen molar-refractivity contribution in [3.8, 4) is 5.75 Å². The maximum Gasteiger partial charge on any atom is 0.216 e. The lowest BCUT2D eigenvalue weighted by Gasteiger charge is -2.09. The molecule has 2 N–H and O–H groups in total. The molecule has 5 heteroatoms. The Morgan fingerprint density at radius 1 is 1.42 bits per heavy atom. The summed E-state index contributed by atoms with van der Waals surface area (Å²) in [5, 5.41) is 4.18. The van der Waals surface area contributed by atoms with Crippen LogP contribution in [0.25, 0.3) is 0 Å². The minimum atomic E-state index is -0.166. The lowest BCUT2D eigenvalue weighted by Crippen LogP contribution is -2.14. The van der Waals surface area contributed by atoms with Crippen LogP contribution in [0.4, 0.5) is 5.69 Å². The minimum absolute atomic E-state index is 0.166. The fourth-order valence-electron chi connectivity index (χ4n) is 1.96. The molecule has 0 fully saturated rings. The predicted octanol–water partition coefficient (Wildman–Crippen LogP) is 2.11. The molecule has 0 saturated carbocycles. The van der Waals surface area contributed by atoms with Crippen LogP contribution in [0.15, 0.2) is 30.5 Å². The molecule has 0 amide bonds. The third-order valence-corrected chi connectivity index (χ3v) is 2.88. The van der Waals surface area contributed by atoms with Crippen LogP contribution in [0.3, 0.4) is 0 Å². The zero-order valence-electron chi connectivity index (χ0n) is 11.1. The number of anilines is 1. The van der Waals surface area contributed by atoms with Gasteiger partial charge in [-0.15, -0.1) is 0 Å². The zero-order chi connectivity index (χ0) is 13.8. The Morgan fingerprint density at radius 2 is 2.16 bits per heavy atom. The van der Waals surface area contributed by atoms with Crippen molar-refractivity contribution in [3.63, 3.8) is 0 Å². The number of nitrogens with zero attached hydrogens (tertiary/aromatic N) is 2. The van der Waals surface area contributed by atoms with Gasteiger partial charge in [-0.1, -0.05) is 19.1 Å². The van der Waals surface area contributed by atoms with Crippen molar-refractivity contribution in [2.24, 2.45) is 0 Å². The van der Waals surface area contributed by atoms with Crippen LogP contribution in [0.5, 0.6) is 5.75 Å². The number of nitrogen functional groups attached to an aromatic ring is 1. The highest BCUT2D eigenvalue weighted by Gasteiger charge is 2.22. The fourth-order valence-corrected chi connectivity index (χ4v) is 1.96. The molecule has 1 heterocycles. The SMILES string of the molecule is CCCn1ncc(OC)c1C(=O)c1ccccc1N. The van der Waals surface area contributed by atoms with Gasteiger partial charge in [-0.3, -0.25) is 9.48 Å². The number of ether oxygens (including phenoxy) is 1. The summed E-state index contributed by atoms with van der Waals surface area (Å²) in [6.07, 6.45) is 2.44. The molecular weight excluding hydrogens is 242 g/mol. The molecule has 2 rings (SSSR count). The van der Waals surface area contributed by atoms with Crippen molar-refractivity contribution in [2.75, 3.05) is 12.8 Å². The molecule has 5 nitrogen and oxygen atoms in total. The van der Waals surface area contributed by atoms with E-state index in [9.17, 15) is 4.79 Å². The molecule has 0 aliphatic heterocycles. The van der Waals surface area contributed by atoms with Crippen LogP contribution >= 0.6 is 0 Å². The number of para-hydroxylation sites is 1. The molecular formula is C14H17N3O2. The summed E-state index contributed by atoms with van der Waals surface area (Å²) >= 11 is 0. The summed E-state index contributed by atoms with van der Waals surface area (Å²) in [5.74, 6) is 0.308. The van der Waals surface area contributed by atoms with E-state index in [0.29, 0.717) is 29.2 Å². The van der Waals surface area contributed by atoms with Crippen LogP contribution in [-0.4, -0.2) is 22.7 Å². The third-order valence-electron chi connectivity index (χ3n) is 2.88. The number of aryl methyl sites for hydroxylation is 1. The van der Waals surface area contributed by atoms with E-state index in [4.69, 9.17) is 10.5 Å². The first-order valence-corrected chi connectivity index (χ1v) is 6.18. The number of carbonyl (C=O) groups is 1. The van der Waals surface area contributed by atoms with Gasteiger partial charge in [0.25, 0.3) is 0 Å². The van der Waals surface area contributed by atoms with Gasteiger partial charge in [0.15, 0.2) is 11.4 Å². The maximum absolute atomic E-state index is 12.6. The highest BCUT2D eigenvalue weighted by Crippen LogP contribution is 2.24. The van der Waals surface area contributed by atoms with Crippen LogP contribution in [-0.2, 0) is 6.54 Å². The number of hydrogen-bond acceptors (Lipinski definition) is 4. The Hall–Kier alpha value is -2.30. The van der Waals surface area contributed by atoms with Gasteiger partial charge in [0.2, 0.25) is 5.78 Å². The number of rotatable bonds is 5. The highest BCUT2D eigenvalue weighted by atomic mass is 16.5. The molecule has 100 valence electrons. The molecule has 0 bridgehead atoms. The van der Waals surface area contributed by atoms with Gasteiger partial charge in [-0.05, 0) is 18.6 Å². The molecule has 0 atom stereocenters. The second kappa shape index (κ2) is 5.56. The second-order valence-corrected chi connectivity index (χ2v) is 4.20. The van der Waals surface area contributed by atoms with Crippen LogP contribution in [0.1, 0.15) is 29.4 Å². The summed E-state index contributed by atoms with van der Waals surface area (Å²) in [6, 6.07) is 7.00. The molecule has 0 aliphatic rings. The second-order valence-electron chi connectivity index (χ2n) is 4.20. The maximum atomic E-state index is 12.6. The first-order valence-electron chi connectivity index (χ1n) is 6.18. The molecule has 0 saturated heterocycles. The van der Waals surface area contributed by atoms with Gasteiger partial charge in [-0.25, -0.2) is 0 Å². The van der Waals surface area contributed by atoms with Gasteiger partial charge >= 0.3 is 0 Å². The van der Waals surface area contributed by atoms with E-state index in [0.717, 1.165) is 6.42 Å². The largest absolute Gasteiger partial charge is 0.493 e. The van der Waals surface area contributed by atoms with Crippen molar-refractivity contribution in [2.45, 2.75) is 19.9 Å². The van der Waals surface area contributed by atoms with E-state index in [2.05, 4.69) is 5.10 Å². The van der Waals surface area contributed by atoms with Gasteiger partial charge in [-0.2, -0.15) is 5.10 Å². The normalized spacial score (nSPS) is 10.4. The molecule has 2 aromatic rings. The fraction of sp³-hybridized carbons (Fsp3) is 0.286. The van der Waals surface area contributed by atoms with Crippen molar-refractivity contribution >= 4 is 11.5 Å². The van der Waals surface area contributed by atoms with Crippen molar-refractivity contribution in [1.29, 1.82) is 0 Å². The first-order chi connectivity index (χ1) is 9.19. The van der Waals surface area contributed by atoms with Crippen LogP contribution in [0.2, 0.25) is 0 Å². The topological polar surface area (TPSA) is 70.1 Å². The number of ketones is 1. The summed E-state index contributed by atoms with van der Waals surface area (Å²) in [5.41, 5.74) is 7.23. The number of benzene rings is 1. The summed E-state index contributed by atoms with van der Waals surface area (Å²) in [6.45, 7) is 2.69. The van der Waals surface area contributed by atoms with Crippen LogP contribution in [0, 0.1) is 0 Å². The van der Waals surface area contributed by atoms with E-state index < -0.39 is 0 Å². The van der Waals surface area contributed by atoms with E-state index in [1.807, 2.05) is 6.92 Å². The van der Waals surface area contributed by atoms with Crippen LogP contribution < -0.4 is 10.5 Å². The van der Waals surface area contributed by atoms with E-state index in [1.165, 1.54) is 7.11 Å². The number of nitrogens with two attached hydrogens (primary N) is 1. The molecule has 1 aromatic carbocycles. The average Bonchev–Trinajstić information content (AvgIpc) is 2.82. The van der Waals surface area contributed by atoms with E-state index in [-0.39, 0.29) is 5.78 Å². The van der Waals surface area contributed by atoms with Gasteiger partial charge in [0.05, 0.1) is 13.3 Å². The average molecular weight is 259 g/mol. The Kier molecular flexibility index (Phi) is 3.85. The highest BCUT2D eigenvalue weighted by molar-refractivity contribution is 6.12. The Morgan fingerprint density at radius 3 is 2.79 bits per heavy atom. The van der Waals surface area contributed by atoms with Gasteiger partial charge < -0.3 is 10.5 Å². The third kappa shape index (κ3) is 2.45. The first kappa shape index (κ1) is 13.1. The Balaban J connectivity index is 2.48. The number of carbonyl (C=O) groups excluding carboxylic acids is 1. The van der Waals surface area contributed by atoms with Crippen molar-refractivity contribution in [1.82, 2.24) is 9.78 Å². The molecule has 19 heavy (non-hydrogen) atoms. The van der Waals surface area contributed by atoms with E-state index in [1.54, 1.807) is 35.1 Å². The number of methoxy groups -OCH3 is 1. The molecule has 0 aliphatic carbocycles. The summed E-state index contributed by atoms with van der Waals surface area (Å²) < 4.78 is 6.87. The lowest BCUT2D eigenvalue weighted by molar-refractivity contribution is 0.102. The molecule has 0 spiro atoms. The predicted molar refractivity (Wildman–Crippen MR) is 73.4 cm³/mol. The minimum Gasteiger partial charge on any atom is -0.493 e. The monoisotopic (exact) mass is 259 g/mol. The zero-order valence-corrected chi connectivity index (χ0v) is 11.1. The van der Waals surface area contributed by atoms with E-state index >= 15 is 0 Å². The Bertz CT molecular complexity index is 590. The molecule has 1 aromatic heterocycles. The summed E-state index contributed by atoms with van der Waals surface area (Å²) in [4.78, 5) is 12.6. The Labute approximate surface area is 112 Å². The molecule has 0 radical (unpaired) electrons. The van der Waals surface area contributed by atoms with Crippen molar-refractivity contribution < 1.29 is 9.53 Å². The van der Waals surface area contributed by atoms with Crippen molar-refractivity contribution in [3.05, 3.63) is 41.7 Å². The summed E-state index contributed by atoms with van der Waals surface area (Å²) in [7, 11) is 1.53. The number of aromatic nitrogens is 2.